The van der Waals surface area contributed by atoms with E-state index in [9.17, 15) is 13.2 Å². The van der Waals surface area contributed by atoms with Gasteiger partial charge in [-0.1, -0.05) is 30.3 Å². The van der Waals surface area contributed by atoms with E-state index < -0.39 is 9.84 Å². The van der Waals surface area contributed by atoms with Gasteiger partial charge in [-0.25, -0.2) is 13.2 Å². The van der Waals surface area contributed by atoms with Crippen molar-refractivity contribution < 1.29 is 17.9 Å². The maximum atomic E-state index is 11.8. The van der Waals surface area contributed by atoms with Gasteiger partial charge in [0.15, 0.2) is 9.84 Å². The molecule has 0 spiro atoms. The Labute approximate surface area is 141 Å². The number of nitrogens with one attached hydrogen (secondary N) is 2. The van der Waals surface area contributed by atoms with E-state index in [1.165, 1.54) is 6.26 Å². The van der Waals surface area contributed by atoms with E-state index in [4.69, 9.17) is 4.74 Å². The monoisotopic (exact) mass is 348 g/mol. The van der Waals surface area contributed by atoms with Crippen LogP contribution >= 0.6 is 0 Å². The largest absolute Gasteiger partial charge is 0.492 e. The van der Waals surface area contributed by atoms with Gasteiger partial charge in [0.2, 0.25) is 0 Å². The van der Waals surface area contributed by atoms with E-state index in [1.54, 1.807) is 24.3 Å². The lowest BCUT2D eigenvalue weighted by atomic mass is 10.2. The number of ether oxygens (including phenoxy) is 1. The van der Waals surface area contributed by atoms with E-state index in [0.717, 1.165) is 5.75 Å². The fraction of sp³-hybridized carbons (Fsp3) is 0.235. The Morgan fingerprint density at radius 2 is 1.71 bits per heavy atom. The fourth-order valence-electron chi connectivity index (χ4n) is 2.01. The minimum Gasteiger partial charge on any atom is -0.492 e. The molecule has 0 atom stereocenters. The Bertz CT molecular complexity index is 759. The molecule has 2 aromatic carbocycles. The quantitative estimate of drug-likeness (QED) is 0.753. The van der Waals surface area contributed by atoms with Crippen LogP contribution in [0, 0.1) is 0 Å². The van der Waals surface area contributed by atoms with Crippen molar-refractivity contribution in [3.05, 3.63) is 60.2 Å². The van der Waals surface area contributed by atoms with Crippen LogP contribution in [0.15, 0.2) is 54.6 Å². The van der Waals surface area contributed by atoms with Gasteiger partial charge >= 0.3 is 6.03 Å². The zero-order chi connectivity index (χ0) is 17.4. The highest BCUT2D eigenvalue weighted by atomic mass is 32.2. The van der Waals surface area contributed by atoms with Crippen LogP contribution in [-0.4, -0.2) is 33.9 Å². The highest BCUT2D eigenvalue weighted by Gasteiger charge is 2.05. The second kappa shape index (κ2) is 8.35. The summed E-state index contributed by atoms with van der Waals surface area (Å²) in [4.78, 5) is 11.8. The average molecular weight is 348 g/mol. The lowest BCUT2D eigenvalue weighted by molar-refractivity contribution is 0.247. The first-order chi connectivity index (χ1) is 11.4. The van der Waals surface area contributed by atoms with Gasteiger partial charge in [0.05, 0.1) is 12.3 Å². The van der Waals surface area contributed by atoms with Crippen LogP contribution in [0.25, 0.3) is 0 Å². The summed E-state index contributed by atoms with van der Waals surface area (Å²) < 4.78 is 27.9. The molecule has 7 heteroatoms. The molecular weight excluding hydrogens is 328 g/mol. The van der Waals surface area contributed by atoms with Crippen LogP contribution in [0.2, 0.25) is 0 Å². The summed E-state index contributed by atoms with van der Waals surface area (Å²) in [5.41, 5.74) is 1.27. The van der Waals surface area contributed by atoms with Gasteiger partial charge in [0.25, 0.3) is 0 Å². The molecule has 128 valence electrons. The summed E-state index contributed by atoms with van der Waals surface area (Å²) in [6.07, 6.45) is 1.18. The van der Waals surface area contributed by atoms with E-state index in [2.05, 4.69) is 10.6 Å². The van der Waals surface area contributed by atoms with Crippen LogP contribution in [0.4, 0.5) is 10.5 Å². The van der Waals surface area contributed by atoms with E-state index in [1.807, 2.05) is 30.3 Å². The van der Waals surface area contributed by atoms with Crippen molar-refractivity contribution in [3.63, 3.8) is 0 Å². The molecule has 24 heavy (non-hydrogen) atoms. The molecule has 0 aliphatic carbocycles. The summed E-state index contributed by atoms with van der Waals surface area (Å²) in [5, 5.41) is 5.36. The number of sulfone groups is 1. The predicted molar refractivity (Wildman–Crippen MR) is 93.9 cm³/mol. The number of urea groups is 1. The Hall–Kier alpha value is -2.54. The molecule has 0 bridgehead atoms. The molecule has 2 aromatic rings. The lowest BCUT2D eigenvalue weighted by Crippen LogP contribution is -2.32. The van der Waals surface area contributed by atoms with Gasteiger partial charge in [-0.3, -0.25) is 0 Å². The van der Waals surface area contributed by atoms with Gasteiger partial charge in [-0.2, -0.15) is 0 Å². The van der Waals surface area contributed by atoms with Crippen molar-refractivity contribution in [1.29, 1.82) is 0 Å². The zero-order valence-electron chi connectivity index (χ0n) is 13.4. The molecule has 0 saturated heterocycles. The molecule has 0 heterocycles. The molecule has 0 aromatic heterocycles. The Balaban J connectivity index is 1.72. The van der Waals surface area contributed by atoms with Gasteiger partial charge < -0.3 is 15.4 Å². The zero-order valence-corrected chi connectivity index (χ0v) is 14.2. The summed E-state index contributed by atoms with van der Waals surface area (Å²) in [5.74, 6) is 0.734. The van der Waals surface area contributed by atoms with Gasteiger partial charge in [-0.15, -0.1) is 0 Å². The first-order valence-corrected chi connectivity index (χ1v) is 9.48. The maximum Gasteiger partial charge on any atom is 0.319 e. The minimum atomic E-state index is -3.06. The van der Waals surface area contributed by atoms with Crippen LogP contribution in [0.5, 0.6) is 5.75 Å². The number of hydrogen-bond donors (Lipinski definition) is 2. The second-order valence-corrected chi connectivity index (χ2v) is 7.45. The molecule has 6 nitrogen and oxygen atoms in total. The number of amides is 2. The molecule has 2 rings (SSSR count). The molecule has 0 unspecified atom stereocenters. The number of anilines is 1. The molecule has 0 fully saturated rings. The highest BCUT2D eigenvalue weighted by molar-refractivity contribution is 7.89. The Morgan fingerprint density at radius 1 is 1.04 bits per heavy atom. The second-order valence-electron chi connectivity index (χ2n) is 5.31. The van der Waals surface area contributed by atoms with Crippen molar-refractivity contribution in [3.8, 4) is 5.75 Å². The molecule has 2 amide bonds. The SMILES string of the molecule is CS(=O)(=O)Cc1ccc(NC(=O)NCCOc2ccccc2)cc1. The standard InChI is InChI=1S/C17H20N2O4S/c1-24(21,22)13-14-7-9-15(10-8-14)19-17(20)18-11-12-23-16-5-3-2-4-6-16/h2-10H,11-13H2,1H3,(H2,18,19,20). The van der Waals surface area contributed by atoms with Crippen molar-refractivity contribution in [2.45, 2.75) is 5.75 Å². The number of rotatable bonds is 7. The third-order valence-corrected chi connectivity index (χ3v) is 3.90. The van der Waals surface area contributed by atoms with Crippen molar-refractivity contribution in [2.75, 3.05) is 24.7 Å². The minimum absolute atomic E-state index is 0.0176. The van der Waals surface area contributed by atoms with Crippen LogP contribution < -0.4 is 15.4 Å². The average Bonchev–Trinajstić information content (AvgIpc) is 2.53. The summed E-state index contributed by atoms with van der Waals surface area (Å²) in [6.45, 7) is 0.734. The van der Waals surface area contributed by atoms with Gasteiger partial charge in [0, 0.05) is 11.9 Å². The molecule has 0 radical (unpaired) electrons. The van der Waals surface area contributed by atoms with Gasteiger partial charge in [0.1, 0.15) is 12.4 Å². The molecular formula is C17H20N2O4S. The van der Waals surface area contributed by atoms with Crippen molar-refractivity contribution in [2.24, 2.45) is 0 Å². The van der Waals surface area contributed by atoms with Crippen molar-refractivity contribution in [1.82, 2.24) is 5.32 Å². The highest BCUT2D eigenvalue weighted by Crippen LogP contribution is 2.11. The van der Waals surface area contributed by atoms with E-state index >= 15 is 0 Å². The number of benzene rings is 2. The smallest absolute Gasteiger partial charge is 0.319 e. The summed E-state index contributed by atoms with van der Waals surface area (Å²) in [7, 11) is -3.06. The maximum absolute atomic E-state index is 11.8. The predicted octanol–water partition coefficient (Wildman–Crippen LogP) is 2.43. The van der Waals surface area contributed by atoms with Crippen LogP contribution in [0.1, 0.15) is 5.56 Å². The molecule has 0 aliphatic rings. The fourth-order valence-corrected chi connectivity index (χ4v) is 2.81. The Morgan fingerprint density at radius 3 is 2.33 bits per heavy atom. The molecule has 0 aliphatic heterocycles. The number of carbonyl (C=O) groups is 1. The van der Waals surface area contributed by atoms with Crippen molar-refractivity contribution >= 4 is 21.6 Å². The van der Waals surface area contributed by atoms with Gasteiger partial charge in [-0.05, 0) is 29.8 Å². The number of hydrogen-bond acceptors (Lipinski definition) is 4. The van der Waals surface area contributed by atoms with Crippen LogP contribution in [0.3, 0.4) is 0 Å². The third kappa shape index (κ3) is 6.70. The summed E-state index contributed by atoms with van der Waals surface area (Å²) >= 11 is 0. The topological polar surface area (TPSA) is 84.5 Å². The Kier molecular flexibility index (Phi) is 6.20. The molecule has 2 N–H and O–H groups in total. The first kappa shape index (κ1) is 17.8. The van der Waals surface area contributed by atoms with E-state index in [0.29, 0.717) is 24.4 Å². The number of para-hydroxylation sites is 1. The lowest BCUT2D eigenvalue weighted by Gasteiger charge is -2.09. The summed E-state index contributed by atoms with van der Waals surface area (Å²) in [6, 6.07) is 15.7. The molecule has 0 saturated carbocycles. The van der Waals surface area contributed by atoms with Crippen LogP contribution in [-0.2, 0) is 15.6 Å². The first-order valence-electron chi connectivity index (χ1n) is 7.42. The number of carbonyl (C=O) groups excluding carboxylic acids is 1. The third-order valence-electron chi connectivity index (χ3n) is 3.04. The normalized spacial score (nSPS) is 10.9. The van der Waals surface area contributed by atoms with E-state index in [-0.39, 0.29) is 11.8 Å².